The second kappa shape index (κ2) is 10.8. The Morgan fingerprint density at radius 1 is 0.370 bits per heavy atom. The van der Waals surface area contributed by atoms with Crippen LogP contribution in [0.5, 0.6) is 0 Å². The second-order valence-corrected chi connectivity index (χ2v) is 11.7. The monoisotopic (exact) mass is 587 g/mol. The molecule has 0 saturated carbocycles. The minimum absolute atomic E-state index is 0.854. The Balaban J connectivity index is 1.38. The predicted molar refractivity (Wildman–Crippen MR) is 194 cm³/mol. The van der Waals surface area contributed by atoms with Crippen molar-refractivity contribution in [3.63, 3.8) is 0 Å². The van der Waals surface area contributed by atoms with Crippen molar-refractivity contribution in [2.75, 3.05) is 4.90 Å². The van der Waals surface area contributed by atoms with Gasteiger partial charge in [-0.1, -0.05) is 146 Å². The summed E-state index contributed by atoms with van der Waals surface area (Å²) >= 11 is 0. The largest absolute Gasteiger partial charge is 0.454 e. The van der Waals surface area contributed by atoms with Gasteiger partial charge >= 0.3 is 0 Å². The molecular weight excluding hydrogens is 558 g/mol. The van der Waals surface area contributed by atoms with Crippen molar-refractivity contribution >= 4 is 60.5 Å². The second-order valence-electron chi connectivity index (χ2n) is 11.7. The number of benzene rings is 8. The summed E-state index contributed by atoms with van der Waals surface area (Å²) < 4.78 is 7.10. The molecule has 0 aliphatic heterocycles. The van der Waals surface area contributed by atoms with Crippen LogP contribution in [0, 0.1) is 0 Å². The summed E-state index contributed by atoms with van der Waals surface area (Å²) in [7, 11) is 0. The molecule has 0 aliphatic carbocycles. The number of anilines is 3. The lowest BCUT2D eigenvalue weighted by Gasteiger charge is -2.28. The molecule has 1 aromatic heterocycles. The number of rotatable bonds is 5. The zero-order chi connectivity index (χ0) is 30.5. The normalized spacial score (nSPS) is 11.5. The van der Waals surface area contributed by atoms with Crippen LogP contribution in [0.4, 0.5) is 17.1 Å². The molecule has 1 heterocycles. The Morgan fingerprint density at radius 3 is 1.70 bits per heavy atom. The molecule has 0 fully saturated rings. The summed E-state index contributed by atoms with van der Waals surface area (Å²) in [6.45, 7) is 0. The molecule has 0 radical (unpaired) electrons. The van der Waals surface area contributed by atoms with Gasteiger partial charge in [-0.25, -0.2) is 0 Å². The number of hydrogen-bond acceptors (Lipinski definition) is 2. The number of fused-ring (bicyclic) bond motifs is 1. The molecule has 0 amide bonds. The molecule has 216 valence electrons. The molecule has 2 heteroatoms. The van der Waals surface area contributed by atoms with E-state index in [9.17, 15) is 0 Å². The molecule has 0 bridgehead atoms. The summed E-state index contributed by atoms with van der Waals surface area (Å²) in [6.07, 6.45) is 0. The highest BCUT2D eigenvalue weighted by Gasteiger charge is 2.22. The van der Waals surface area contributed by atoms with Crippen LogP contribution in [-0.4, -0.2) is 0 Å². The lowest BCUT2D eigenvalue weighted by Crippen LogP contribution is -2.11. The lowest BCUT2D eigenvalue weighted by atomic mass is 9.98. The summed E-state index contributed by atoms with van der Waals surface area (Å²) in [4.78, 5) is 2.36. The van der Waals surface area contributed by atoms with E-state index in [0.29, 0.717) is 0 Å². The van der Waals surface area contributed by atoms with Gasteiger partial charge in [-0.2, -0.15) is 0 Å². The van der Waals surface area contributed by atoms with Crippen molar-refractivity contribution in [2.24, 2.45) is 0 Å². The van der Waals surface area contributed by atoms with E-state index in [2.05, 4.69) is 181 Å². The SMILES string of the molecule is c1ccc(-c2ccc(N(c3ccccc3-c3ccccc3)c3ccc4cccc5c6cccc7cccc(oc3c45)c76)cc2)cc1. The van der Waals surface area contributed by atoms with Gasteiger partial charge in [0.2, 0.25) is 0 Å². The van der Waals surface area contributed by atoms with Crippen LogP contribution in [-0.2, 0) is 0 Å². The first kappa shape index (κ1) is 26.3. The van der Waals surface area contributed by atoms with E-state index in [4.69, 9.17) is 4.42 Å². The van der Waals surface area contributed by atoms with Crippen molar-refractivity contribution < 1.29 is 4.42 Å². The van der Waals surface area contributed by atoms with Gasteiger partial charge in [-0.15, -0.1) is 0 Å². The maximum Gasteiger partial charge on any atom is 0.159 e. The van der Waals surface area contributed by atoms with E-state index in [1.165, 1.54) is 27.3 Å². The third-order valence-electron chi connectivity index (χ3n) is 9.05. The van der Waals surface area contributed by atoms with E-state index in [1.807, 2.05) is 0 Å². The van der Waals surface area contributed by atoms with Crippen LogP contribution in [0.15, 0.2) is 180 Å². The fraction of sp³-hybridized carbons (Fsp3) is 0. The number of nitrogens with zero attached hydrogens (tertiary/aromatic N) is 1. The molecule has 2 nitrogen and oxygen atoms in total. The molecule has 0 saturated heterocycles. The standard InChI is InChI=1S/C44H29NO/c1-3-12-30(13-4-1)31-24-27-35(28-25-31)45(39-22-8-7-19-36(39)32-14-5-2-6-15-32)40-29-26-34-17-10-21-38-37-20-9-16-33-18-11-23-41(42(33)37)46-44(40)43(34)38/h1-29H. The van der Waals surface area contributed by atoms with Gasteiger partial charge in [-0.3, -0.25) is 0 Å². The van der Waals surface area contributed by atoms with Crippen molar-refractivity contribution in [3.05, 3.63) is 176 Å². The molecule has 9 rings (SSSR count). The molecule has 8 aromatic carbocycles. The van der Waals surface area contributed by atoms with E-state index in [1.54, 1.807) is 0 Å². The maximum absolute atomic E-state index is 7.10. The van der Waals surface area contributed by atoms with Crippen molar-refractivity contribution in [3.8, 4) is 22.3 Å². The van der Waals surface area contributed by atoms with E-state index in [-0.39, 0.29) is 0 Å². The van der Waals surface area contributed by atoms with E-state index in [0.717, 1.165) is 55.5 Å². The van der Waals surface area contributed by atoms with Crippen LogP contribution in [0.25, 0.3) is 65.7 Å². The number of para-hydroxylation sites is 1. The van der Waals surface area contributed by atoms with Crippen LogP contribution < -0.4 is 4.90 Å². The van der Waals surface area contributed by atoms with Gasteiger partial charge in [0.25, 0.3) is 0 Å². The summed E-state index contributed by atoms with van der Waals surface area (Å²) in [5.74, 6) is 0. The average molecular weight is 588 g/mol. The quantitative estimate of drug-likeness (QED) is 0.199. The average Bonchev–Trinajstić information content (AvgIpc) is 3.27. The summed E-state index contributed by atoms with van der Waals surface area (Å²) in [5, 5.41) is 6.95. The van der Waals surface area contributed by atoms with Crippen molar-refractivity contribution in [1.29, 1.82) is 0 Å². The van der Waals surface area contributed by atoms with Gasteiger partial charge in [-0.05, 0) is 68.6 Å². The van der Waals surface area contributed by atoms with Crippen LogP contribution in [0.1, 0.15) is 0 Å². The topological polar surface area (TPSA) is 16.4 Å². The van der Waals surface area contributed by atoms with Crippen LogP contribution in [0.3, 0.4) is 0 Å². The van der Waals surface area contributed by atoms with Crippen LogP contribution >= 0.6 is 0 Å². The Bertz CT molecular complexity index is 2510. The van der Waals surface area contributed by atoms with Gasteiger partial charge < -0.3 is 9.32 Å². The lowest BCUT2D eigenvalue weighted by molar-refractivity contribution is 0.664. The first-order chi connectivity index (χ1) is 22.8. The highest BCUT2D eigenvalue weighted by molar-refractivity contribution is 6.25. The summed E-state index contributed by atoms with van der Waals surface area (Å²) in [5.41, 5.74) is 9.53. The third-order valence-corrected chi connectivity index (χ3v) is 9.05. The first-order valence-corrected chi connectivity index (χ1v) is 15.7. The first-order valence-electron chi connectivity index (χ1n) is 15.7. The van der Waals surface area contributed by atoms with E-state index < -0.39 is 0 Å². The van der Waals surface area contributed by atoms with Crippen molar-refractivity contribution in [2.45, 2.75) is 0 Å². The molecule has 0 aliphatic rings. The summed E-state index contributed by atoms with van der Waals surface area (Å²) in [6, 6.07) is 62.6. The highest BCUT2D eigenvalue weighted by Crippen LogP contribution is 2.46. The smallest absolute Gasteiger partial charge is 0.159 e. The van der Waals surface area contributed by atoms with Gasteiger partial charge in [0.05, 0.1) is 11.4 Å². The van der Waals surface area contributed by atoms with Gasteiger partial charge in [0.15, 0.2) is 5.58 Å². The van der Waals surface area contributed by atoms with Crippen molar-refractivity contribution in [1.82, 2.24) is 0 Å². The highest BCUT2D eigenvalue weighted by atomic mass is 16.3. The zero-order valence-electron chi connectivity index (χ0n) is 25.1. The molecule has 0 atom stereocenters. The minimum Gasteiger partial charge on any atom is -0.454 e. The number of hydrogen-bond donors (Lipinski definition) is 0. The minimum atomic E-state index is 0.854. The zero-order valence-corrected chi connectivity index (χ0v) is 25.1. The Morgan fingerprint density at radius 2 is 0.957 bits per heavy atom. The van der Waals surface area contributed by atoms with Crippen LogP contribution in [0.2, 0.25) is 0 Å². The van der Waals surface area contributed by atoms with Gasteiger partial charge in [0, 0.05) is 22.0 Å². The molecule has 0 N–H and O–H groups in total. The maximum atomic E-state index is 7.10. The molecule has 46 heavy (non-hydrogen) atoms. The Labute approximate surface area is 267 Å². The van der Waals surface area contributed by atoms with Gasteiger partial charge in [0.1, 0.15) is 5.58 Å². The Hall–Kier alpha value is -6.12. The molecule has 0 unspecified atom stereocenters. The fourth-order valence-corrected chi connectivity index (χ4v) is 6.94. The predicted octanol–water partition coefficient (Wildman–Crippen LogP) is 12.7. The van der Waals surface area contributed by atoms with E-state index >= 15 is 0 Å². The third kappa shape index (κ3) is 4.27. The molecular formula is C44H29NO. The molecule has 9 aromatic rings. The Kier molecular flexibility index (Phi) is 6.17. The fourth-order valence-electron chi connectivity index (χ4n) is 6.94. The molecule has 0 spiro atoms.